The number of thiophene rings is 1. The lowest BCUT2D eigenvalue weighted by Crippen LogP contribution is -2.36. The molecule has 0 unspecified atom stereocenters. The molecule has 0 amide bonds. The van der Waals surface area contributed by atoms with Gasteiger partial charge in [-0.2, -0.15) is 13.2 Å². The van der Waals surface area contributed by atoms with E-state index in [9.17, 15) is 18.0 Å². The zero-order valence-electron chi connectivity index (χ0n) is 16.7. The SMILES string of the molecule is CC(=O)CCc1cccs1.CN1CCC(C(F)(F)F)CC1.CN1CCCC1. The lowest BCUT2D eigenvalue weighted by atomic mass is 9.97. The van der Waals surface area contributed by atoms with Crippen LogP contribution in [0.25, 0.3) is 0 Å². The highest BCUT2D eigenvalue weighted by Crippen LogP contribution is 2.33. The lowest BCUT2D eigenvalue weighted by Gasteiger charge is -2.30. The van der Waals surface area contributed by atoms with E-state index < -0.39 is 12.1 Å². The van der Waals surface area contributed by atoms with Gasteiger partial charge in [0.25, 0.3) is 0 Å². The minimum atomic E-state index is -3.97. The normalized spacial score (nSPS) is 19.0. The van der Waals surface area contributed by atoms with Gasteiger partial charge in [-0.1, -0.05) is 6.07 Å². The van der Waals surface area contributed by atoms with E-state index >= 15 is 0 Å². The molecule has 3 rings (SSSR count). The summed E-state index contributed by atoms with van der Waals surface area (Å²) in [4.78, 5) is 16.1. The second-order valence-electron chi connectivity index (χ2n) is 7.41. The predicted molar refractivity (Wildman–Crippen MR) is 106 cm³/mol. The lowest BCUT2D eigenvalue weighted by molar-refractivity contribution is -0.184. The summed E-state index contributed by atoms with van der Waals surface area (Å²) < 4.78 is 36.1. The first kappa shape index (κ1) is 24.1. The number of nitrogens with zero attached hydrogens (tertiary/aromatic N) is 2. The van der Waals surface area contributed by atoms with Crippen molar-refractivity contribution < 1.29 is 18.0 Å². The van der Waals surface area contributed by atoms with E-state index in [-0.39, 0.29) is 18.6 Å². The summed E-state index contributed by atoms with van der Waals surface area (Å²) in [5, 5.41) is 2.04. The van der Waals surface area contributed by atoms with Crippen LogP contribution in [-0.2, 0) is 11.2 Å². The summed E-state index contributed by atoms with van der Waals surface area (Å²) in [5.74, 6) is -0.785. The standard InChI is InChI=1S/C8H10OS.C7H12F3N.C5H11N/c1-7(9)4-5-8-3-2-6-10-8;1-11-4-2-6(3-5-11)7(8,9)10;1-6-4-2-3-5-6/h2-3,6H,4-5H2,1H3;6H,2-5H2,1H3;2-5H2,1H3. The molecule has 27 heavy (non-hydrogen) atoms. The van der Waals surface area contributed by atoms with E-state index in [4.69, 9.17) is 0 Å². The van der Waals surface area contributed by atoms with E-state index in [1.54, 1.807) is 18.3 Å². The molecule has 7 heteroatoms. The van der Waals surface area contributed by atoms with E-state index in [0.29, 0.717) is 19.5 Å². The van der Waals surface area contributed by atoms with Crippen LogP contribution in [0.5, 0.6) is 0 Å². The van der Waals surface area contributed by atoms with Crippen LogP contribution in [0.4, 0.5) is 13.2 Å². The fraction of sp³-hybridized carbons (Fsp3) is 0.750. The second kappa shape index (κ2) is 12.5. The molecule has 0 saturated carbocycles. The summed E-state index contributed by atoms with van der Waals surface area (Å²) in [5.41, 5.74) is 0. The second-order valence-corrected chi connectivity index (χ2v) is 8.44. The quantitative estimate of drug-likeness (QED) is 0.715. The Bertz CT molecular complexity index is 506. The number of ketones is 1. The van der Waals surface area contributed by atoms with Crippen LogP contribution in [0.3, 0.4) is 0 Å². The van der Waals surface area contributed by atoms with Gasteiger partial charge in [-0.25, -0.2) is 0 Å². The molecule has 1 aromatic heterocycles. The Morgan fingerprint density at radius 1 is 1.11 bits per heavy atom. The number of halogens is 3. The van der Waals surface area contributed by atoms with Gasteiger partial charge >= 0.3 is 6.18 Å². The van der Waals surface area contributed by atoms with Crippen molar-refractivity contribution in [2.75, 3.05) is 40.3 Å². The smallest absolute Gasteiger partial charge is 0.306 e. The van der Waals surface area contributed by atoms with Gasteiger partial charge in [0.2, 0.25) is 0 Å². The van der Waals surface area contributed by atoms with E-state index in [2.05, 4.69) is 18.0 Å². The molecule has 2 aliphatic rings. The van der Waals surface area contributed by atoms with Crippen LogP contribution in [-0.4, -0.2) is 62.0 Å². The van der Waals surface area contributed by atoms with Crippen molar-refractivity contribution >= 4 is 17.1 Å². The maximum atomic E-state index is 12.0. The summed E-state index contributed by atoms with van der Waals surface area (Å²) >= 11 is 1.71. The van der Waals surface area contributed by atoms with Crippen molar-refractivity contribution in [2.45, 2.75) is 51.6 Å². The van der Waals surface area contributed by atoms with Crippen molar-refractivity contribution in [3.8, 4) is 0 Å². The van der Waals surface area contributed by atoms with Gasteiger partial charge in [0, 0.05) is 11.3 Å². The number of likely N-dealkylation sites (tertiary alicyclic amines) is 2. The number of carbonyl (C=O) groups excluding carboxylic acids is 1. The van der Waals surface area contributed by atoms with Crippen molar-refractivity contribution in [1.82, 2.24) is 9.80 Å². The van der Waals surface area contributed by atoms with E-state index in [1.165, 1.54) is 30.8 Å². The molecule has 156 valence electrons. The van der Waals surface area contributed by atoms with Gasteiger partial charge in [-0.3, -0.25) is 0 Å². The minimum Gasteiger partial charge on any atom is -0.306 e. The molecule has 0 atom stereocenters. The molecular formula is C20H33F3N2OS. The summed E-state index contributed by atoms with van der Waals surface area (Å²) in [6.45, 7) is 5.42. The zero-order valence-corrected chi connectivity index (χ0v) is 17.5. The van der Waals surface area contributed by atoms with Crippen LogP contribution in [0.15, 0.2) is 17.5 Å². The molecule has 0 aromatic carbocycles. The summed E-state index contributed by atoms with van der Waals surface area (Å²) in [6.07, 6.45) is 0.974. The molecule has 0 spiro atoms. The third-order valence-electron chi connectivity index (χ3n) is 4.81. The van der Waals surface area contributed by atoms with Crippen molar-refractivity contribution in [3.63, 3.8) is 0 Å². The monoisotopic (exact) mass is 406 g/mol. The zero-order chi connectivity index (χ0) is 20.3. The molecule has 0 N–H and O–H groups in total. The Morgan fingerprint density at radius 3 is 2.04 bits per heavy atom. The van der Waals surface area contributed by atoms with Crippen LogP contribution in [0.2, 0.25) is 0 Å². The van der Waals surface area contributed by atoms with Crippen molar-refractivity contribution in [3.05, 3.63) is 22.4 Å². The van der Waals surface area contributed by atoms with Crippen molar-refractivity contribution in [2.24, 2.45) is 5.92 Å². The third kappa shape index (κ3) is 11.5. The molecule has 1 aromatic rings. The average Bonchev–Trinajstić information content (AvgIpc) is 3.27. The number of aryl methyl sites for hydroxylation is 1. The number of alkyl halides is 3. The highest BCUT2D eigenvalue weighted by molar-refractivity contribution is 7.09. The molecule has 2 aliphatic heterocycles. The Balaban J connectivity index is 0.000000211. The topological polar surface area (TPSA) is 23.6 Å². The number of hydrogen-bond donors (Lipinski definition) is 0. The number of piperidine rings is 1. The van der Waals surface area contributed by atoms with Gasteiger partial charge < -0.3 is 14.6 Å². The summed E-state index contributed by atoms with van der Waals surface area (Å²) in [7, 11) is 4.03. The summed E-state index contributed by atoms with van der Waals surface area (Å²) in [6, 6.07) is 4.08. The minimum absolute atomic E-state index is 0.264. The van der Waals surface area contributed by atoms with Gasteiger partial charge in [-0.15, -0.1) is 11.3 Å². The molecule has 0 bridgehead atoms. The van der Waals surface area contributed by atoms with Crippen LogP contribution >= 0.6 is 11.3 Å². The number of rotatable bonds is 3. The average molecular weight is 407 g/mol. The molecule has 3 heterocycles. The molecule has 3 nitrogen and oxygen atoms in total. The Labute approximate surface area is 165 Å². The van der Waals surface area contributed by atoms with Crippen LogP contribution in [0.1, 0.15) is 43.9 Å². The maximum absolute atomic E-state index is 12.0. The Morgan fingerprint density at radius 2 is 1.67 bits per heavy atom. The van der Waals surface area contributed by atoms with Gasteiger partial charge in [0.15, 0.2) is 0 Å². The van der Waals surface area contributed by atoms with Gasteiger partial charge in [0.05, 0.1) is 5.92 Å². The van der Waals surface area contributed by atoms with E-state index in [0.717, 1.165) is 6.42 Å². The first-order chi connectivity index (χ1) is 12.7. The fourth-order valence-corrected chi connectivity index (χ4v) is 3.67. The largest absolute Gasteiger partial charge is 0.391 e. The number of carbonyl (C=O) groups is 1. The fourth-order valence-electron chi connectivity index (χ4n) is 2.97. The third-order valence-corrected chi connectivity index (χ3v) is 5.75. The molecule has 0 radical (unpaired) electrons. The maximum Gasteiger partial charge on any atom is 0.391 e. The molecular weight excluding hydrogens is 373 g/mol. The first-order valence-corrected chi connectivity index (χ1v) is 10.5. The highest BCUT2D eigenvalue weighted by Gasteiger charge is 2.40. The van der Waals surface area contributed by atoms with Crippen LogP contribution in [0, 0.1) is 5.92 Å². The Kier molecular flexibility index (Phi) is 11.2. The number of hydrogen-bond acceptors (Lipinski definition) is 4. The first-order valence-electron chi connectivity index (χ1n) is 9.64. The predicted octanol–water partition coefficient (Wildman–Crippen LogP) is 4.87. The molecule has 2 saturated heterocycles. The van der Waals surface area contributed by atoms with E-state index in [1.807, 2.05) is 23.4 Å². The van der Waals surface area contributed by atoms with Crippen molar-refractivity contribution in [1.29, 1.82) is 0 Å². The van der Waals surface area contributed by atoms with Crippen LogP contribution < -0.4 is 0 Å². The highest BCUT2D eigenvalue weighted by atomic mass is 32.1. The Hall–Kier alpha value is -0.920. The van der Waals surface area contributed by atoms with Gasteiger partial charge in [0.1, 0.15) is 5.78 Å². The molecule has 2 fully saturated rings. The van der Waals surface area contributed by atoms with Gasteiger partial charge in [-0.05, 0) is 90.7 Å². The number of Topliss-reactive ketones (excluding diaryl/α,β-unsaturated/α-hetero) is 1. The molecule has 0 aliphatic carbocycles.